The minimum absolute atomic E-state index is 0.0393. The maximum atomic E-state index is 11.7. The summed E-state index contributed by atoms with van der Waals surface area (Å²) in [6.07, 6.45) is 5.34. The SMILES string of the molecule is O=C(O)CCCC(=O)Nc1ccc2c(c1)CCCC2. The zero-order chi connectivity index (χ0) is 13.7. The molecular formula is C15H19NO3. The summed E-state index contributed by atoms with van der Waals surface area (Å²) in [6, 6.07) is 6.06. The summed E-state index contributed by atoms with van der Waals surface area (Å²) in [5.41, 5.74) is 3.53. The van der Waals surface area contributed by atoms with Crippen molar-refractivity contribution in [3.63, 3.8) is 0 Å². The molecule has 2 rings (SSSR count). The van der Waals surface area contributed by atoms with Crippen LogP contribution in [0.5, 0.6) is 0 Å². The molecule has 0 radical (unpaired) electrons. The standard InChI is InChI=1S/C15H19NO3/c17-14(6-3-7-15(18)19)16-13-9-8-11-4-1-2-5-12(11)10-13/h8-10H,1-7H2,(H,16,17)(H,18,19). The molecule has 4 nitrogen and oxygen atoms in total. The fourth-order valence-corrected chi connectivity index (χ4v) is 2.43. The van der Waals surface area contributed by atoms with Gasteiger partial charge in [-0.3, -0.25) is 9.59 Å². The van der Waals surface area contributed by atoms with E-state index in [-0.39, 0.29) is 18.7 Å². The predicted molar refractivity (Wildman–Crippen MR) is 73.2 cm³/mol. The Balaban J connectivity index is 1.88. The third-order valence-corrected chi connectivity index (χ3v) is 3.43. The van der Waals surface area contributed by atoms with E-state index in [0.29, 0.717) is 6.42 Å². The van der Waals surface area contributed by atoms with Crippen LogP contribution in [0, 0.1) is 0 Å². The number of carboxylic acids is 1. The number of aryl methyl sites for hydroxylation is 2. The monoisotopic (exact) mass is 261 g/mol. The van der Waals surface area contributed by atoms with Crippen molar-refractivity contribution in [3.05, 3.63) is 29.3 Å². The van der Waals surface area contributed by atoms with Gasteiger partial charge in [0.05, 0.1) is 0 Å². The van der Waals surface area contributed by atoms with Crippen molar-refractivity contribution in [2.24, 2.45) is 0 Å². The molecular weight excluding hydrogens is 242 g/mol. The van der Waals surface area contributed by atoms with E-state index in [0.717, 1.165) is 18.5 Å². The topological polar surface area (TPSA) is 66.4 Å². The van der Waals surface area contributed by atoms with Crippen LogP contribution >= 0.6 is 0 Å². The van der Waals surface area contributed by atoms with Gasteiger partial charge >= 0.3 is 5.97 Å². The number of amides is 1. The predicted octanol–water partition coefficient (Wildman–Crippen LogP) is 2.76. The van der Waals surface area contributed by atoms with Crippen molar-refractivity contribution in [1.29, 1.82) is 0 Å². The smallest absolute Gasteiger partial charge is 0.303 e. The molecule has 0 aliphatic heterocycles. The number of benzene rings is 1. The lowest BCUT2D eigenvalue weighted by molar-refractivity contribution is -0.137. The average Bonchev–Trinajstić information content (AvgIpc) is 2.38. The van der Waals surface area contributed by atoms with Crippen LogP contribution in [0.4, 0.5) is 5.69 Å². The van der Waals surface area contributed by atoms with E-state index < -0.39 is 5.97 Å². The molecule has 0 unspecified atom stereocenters. The first-order valence-electron chi connectivity index (χ1n) is 6.78. The van der Waals surface area contributed by atoms with Crippen molar-refractivity contribution in [2.75, 3.05) is 5.32 Å². The molecule has 0 aromatic heterocycles. The van der Waals surface area contributed by atoms with Crippen LogP contribution in [0.1, 0.15) is 43.2 Å². The Morgan fingerprint density at radius 2 is 1.84 bits per heavy atom. The Bertz CT molecular complexity index is 482. The van der Waals surface area contributed by atoms with Gasteiger partial charge in [0.25, 0.3) is 0 Å². The molecule has 2 N–H and O–H groups in total. The molecule has 0 atom stereocenters. The molecule has 0 saturated carbocycles. The van der Waals surface area contributed by atoms with Gasteiger partial charge in [-0.25, -0.2) is 0 Å². The highest BCUT2D eigenvalue weighted by Gasteiger charge is 2.10. The Labute approximate surface area is 112 Å². The van der Waals surface area contributed by atoms with Crippen molar-refractivity contribution in [1.82, 2.24) is 0 Å². The number of carboxylic acid groups (broad SMARTS) is 1. The Kier molecular flexibility index (Phi) is 4.55. The fourth-order valence-electron chi connectivity index (χ4n) is 2.43. The Hall–Kier alpha value is -1.84. The van der Waals surface area contributed by atoms with Crippen molar-refractivity contribution < 1.29 is 14.7 Å². The number of carbonyl (C=O) groups excluding carboxylic acids is 1. The van der Waals surface area contributed by atoms with E-state index in [1.165, 1.54) is 24.0 Å². The van der Waals surface area contributed by atoms with Gasteiger partial charge in [-0.2, -0.15) is 0 Å². The molecule has 1 aliphatic rings. The van der Waals surface area contributed by atoms with E-state index >= 15 is 0 Å². The van der Waals surface area contributed by atoms with Gasteiger partial charge in [0.15, 0.2) is 0 Å². The van der Waals surface area contributed by atoms with Crippen LogP contribution in [0.2, 0.25) is 0 Å². The number of fused-ring (bicyclic) bond motifs is 1. The van der Waals surface area contributed by atoms with Gasteiger partial charge in [-0.15, -0.1) is 0 Å². The lowest BCUT2D eigenvalue weighted by atomic mass is 9.91. The minimum atomic E-state index is -0.860. The highest BCUT2D eigenvalue weighted by atomic mass is 16.4. The van der Waals surface area contributed by atoms with Crippen LogP contribution in [0.15, 0.2) is 18.2 Å². The molecule has 4 heteroatoms. The van der Waals surface area contributed by atoms with Gasteiger partial charge < -0.3 is 10.4 Å². The lowest BCUT2D eigenvalue weighted by Gasteiger charge is -2.16. The molecule has 102 valence electrons. The second-order valence-electron chi connectivity index (χ2n) is 4.99. The molecule has 0 saturated heterocycles. The summed E-state index contributed by atoms with van der Waals surface area (Å²) in [5, 5.41) is 11.4. The Morgan fingerprint density at radius 3 is 2.58 bits per heavy atom. The number of hydrogen-bond acceptors (Lipinski definition) is 2. The molecule has 1 aromatic carbocycles. The van der Waals surface area contributed by atoms with E-state index in [1.54, 1.807) is 0 Å². The summed E-state index contributed by atoms with van der Waals surface area (Å²) in [4.78, 5) is 22.0. The van der Waals surface area contributed by atoms with E-state index in [9.17, 15) is 9.59 Å². The van der Waals surface area contributed by atoms with Crippen molar-refractivity contribution >= 4 is 17.6 Å². The molecule has 0 spiro atoms. The van der Waals surface area contributed by atoms with E-state index in [2.05, 4.69) is 11.4 Å². The third-order valence-electron chi connectivity index (χ3n) is 3.43. The van der Waals surface area contributed by atoms with Gasteiger partial charge in [-0.05, 0) is 55.4 Å². The van der Waals surface area contributed by atoms with E-state index in [1.807, 2.05) is 12.1 Å². The second kappa shape index (κ2) is 6.36. The Morgan fingerprint density at radius 1 is 1.11 bits per heavy atom. The second-order valence-corrected chi connectivity index (χ2v) is 4.99. The first-order valence-corrected chi connectivity index (χ1v) is 6.78. The maximum absolute atomic E-state index is 11.7. The number of aliphatic carboxylic acids is 1. The minimum Gasteiger partial charge on any atom is -0.481 e. The summed E-state index contributed by atoms with van der Waals surface area (Å²) in [5.74, 6) is -0.974. The van der Waals surface area contributed by atoms with Crippen molar-refractivity contribution in [3.8, 4) is 0 Å². The lowest BCUT2D eigenvalue weighted by Crippen LogP contribution is -2.13. The van der Waals surface area contributed by atoms with Gasteiger partial charge in [0.1, 0.15) is 0 Å². The largest absolute Gasteiger partial charge is 0.481 e. The number of carbonyl (C=O) groups is 2. The molecule has 1 aliphatic carbocycles. The first-order chi connectivity index (χ1) is 9.15. The molecule has 1 amide bonds. The van der Waals surface area contributed by atoms with Crippen LogP contribution in [0.3, 0.4) is 0 Å². The zero-order valence-electron chi connectivity index (χ0n) is 10.9. The zero-order valence-corrected chi connectivity index (χ0v) is 10.9. The molecule has 1 aromatic rings. The molecule has 0 fully saturated rings. The highest BCUT2D eigenvalue weighted by molar-refractivity contribution is 5.91. The van der Waals surface area contributed by atoms with Crippen LogP contribution < -0.4 is 5.32 Å². The highest BCUT2D eigenvalue weighted by Crippen LogP contribution is 2.24. The number of hydrogen-bond donors (Lipinski definition) is 2. The number of anilines is 1. The van der Waals surface area contributed by atoms with Gasteiger partial charge in [0.2, 0.25) is 5.91 Å². The summed E-state index contributed by atoms with van der Waals surface area (Å²) < 4.78 is 0. The van der Waals surface area contributed by atoms with Gasteiger partial charge in [0, 0.05) is 18.5 Å². The first kappa shape index (κ1) is 13.6. The third kappa shape index (κ3) is 4.09. The van der Waals surface area contributed by atoms with Gasteiger partial charge in [-0.1, -0.05) is 6.07 Å². The van der Waals surface area contributed by atoms with E-state index in [4.69, 9.17) is 5.11 Å². The maximum Gasteiger partial charge on any atom is 0.303 e. The van der Waals surface area contributed by atoms with Crippen molar-refractivity contribution in [2.45, 2.75) is 44.9 Å². The summed E-state index contributed by atoms with van der Waals surface area (Å²) in [6.45, 7) is 0. The molecule has 0 heterocycles. The van der Waals surface area contributed by atoms with Crippen LogP contribution in [-0.2, 0) is 22.4 Å². The van der Waals surface area contributed by atoms with Crippen LogP contribution in [-0.4, -0.2) is 17.0 Å². The number of rotatable bonds is 5. The number of nitrogens with one attached hydrogen (secondary N) is 1. The quantitative estimate of drug-likeness (QED) is 0.856. The molecule has 19 heavy (non-hydrogen) atoms. The summed E-state index contributed by atoms with van der Waals surface area (Å²) >= 11 is 0. The van der Waals surface area contributed by atoms with Crippen LogP contribution in [0.25, 0.3) is 0 Å². The normalized spacial score (nSPS) is 13.7. The fraction of sp³-hybridized carbons (Fsp3) is 0.467. The average molecular weight is 261 g/mol. The summed E-state index contributed by atoms with van der Waals surface area (Å²) in [7, 11) is 0. The molecule has 0 bridgehead atoms.